The Kier molecular flexibility index (Phi) is 3.26. The predicted octanol–water partition coefficient (Wildman–Crippen LogP) is 1.03. The van der Waals surface area contributed by atoms with E-state index < -0.39 is 0 Å². The van der Waals surface area contributed by atoms with Gasteiger partial charge in [-0.05, 0) is 32.6 Å². The van der Waals surface area contributed by atoms with Crippen LogP contribution < -0.4 is 5.73 Å². The van der Waals surface area contributed by atoms with Crippen molar-refractivity contribution in [3.8, 4) is 0 Å². The van der Waals surface area contributed by atoms with E-state index in [0.717, 1.165) is 36.5 Å². The van der Waals surface area contributed by atoms with E-state index in [1.165, 1.54) is 19.3 Å². The molecule has 0 fully saturated rings. The van der Waals surface area contributed by atoms with E-state index in [1.54, 1.807) is 0 Å². The minimum absolute atomic E-state index is 0.107. The maximum atomic E-state index is 5.72. The smallest absolute Gasteiger partial charge is 0.152 e. The highest BCUT2D eigenvalue weighted by Crippen LogP contribution is 2.16. The minimum Gasteiger partial charge on any atom is -0.328 e. The standard InChI is InChI=1S/C11H18N4/c1-8(12)7-11-13-9-5-3-2-4-6-10(9)14-15-11/h8H,2-7,12H2,1H3. The van der Waals surface area contributed by atoms with Gasteiger partial charge in [-0.25, -0.2) is 4.98 Å². The van der Waals surface area contributed by atoms with E-state index in [9.17, 15) is 0 Å². The average molecular weight is 206 g/mol. The fourth-order valence-electron chi connectivity index (χ4n) is 1.95. The van der Waals surface area contributed by atoms with Gasteiger partial charge in [-0.1, -0.05) is 6.42 Å². The second-order valence-corrected chi connectivity index (χ2v) is 4.36. The van der Waals surface area contributed by atoms with E-state index in [-0.39, 0.29) is 6.04 Å². The van der Waals surface area contributed by atoms with Crippen molar-refractivity contribution in [3.05, 3.63) is 17.2 Å². The maximum absolute atomic E-state index is 5.72. The van der Waals surface area contributed by atoms with Gasteiger partial charge in [0.1, 0.15) is 0 Å². The van der Waals surface area contributed by atoms with Crippen molar-refractivity contribution in [2.75, 3.05) is 0 Å². The summed E-state index contributed by atoms with van der Waals surface area (Å²) in [5.41, 5.74) is 7.97. The molecule has 1 aromatic rings. The summed E-state index contributed by atoms with van der Waals surface area (Å²) < 4.78 is 0. The lowest BCUT2D eigenvalue weighted by atomic mass is 10.2. The highest BCUT2D eigenvalue weighted by molar-refractivity contribution is 5.12. The predicted molar refractivity (Wildman–Crippen MR) is 58.4 cm³/mol. The number of hydrogen-bond donors (Lipinski definition) is 1. The molecule has 4 nitrogen and oxygen atoms in total. The molecule has 0 saturated heterocycles. The molecule has 0 amide bonds. The molecule has 1 heterocycles. The average Bonchev–Trinajstić information content (AvgIpc) is 2.41. The van der Waals surface area contributed by atoms with Gasteiger partial charge in [-0.2, -0.15) is 5.10 Å². The quantitative estimate of drug-likeness (QED) is 0.734. The Morgan fingerprint density at radius 2 is 1.87 bits per heavy atom. The summed E-state index contributed by atoms with van der Waals surface area (Å²) in [6, 6.07) is 0.107. The molecule has 1 aromatic heterocycles. The Labute approximate surface area is 90.3 Å². The lowest BCUT2D eigenvalue weighted by Gasteiger charge is -2.06. The summed E-state index contributed by atoms with van der Waals surface area (Å²) in [6.45, 7) is 1.97. The van der Waals surface area contributed by atoms with Gasteiger partial charge < -0.3 is 5.73 Å². The van der Waals surface area contributed by atoms with Crippen LogP contribution in [0.5, 0.6) is 0 Å². The van der Waals surface area contributed by atoms with E-state index in [1.807, 2.05) is 6.92 Å². The largest absolute Gasteiger partial charge is 0.328 e. The molecule has 0 aliphatic heterocycles. The van der Waals surface area contributed by atoms with Crippen molar-refractivity contribution in [3.63, 3.8) is 0 Å². The molecule has 1 aliphatic rings. The highest BCUT2D eigenvalue weighted by Gasteiger charge is 2.12. The SMILES string of the molecule is CC(N)Cc1nnc2c(n1)CCCCC2. The van der Waals surface area contributed by atoms with Crippen LogP contribution in [0.15, 0.2) is 0 Å². The number of aryl methyl sites for hydroxylation is 2. The van der Waals surface area contributed by atoms with Crippen molar-refractivity contribution in [2.45, 2.75) is 51.5 Å². The molecule has 0 spiro atoms. The number of nitrogens with two attached hydrogens (primary N) is 1. The lowest BCUT2D eigenvalue weighted by Crippen LogP contribution is -2.20. The molecule has 1 unspecified atom stereocenters. The van der Waals surface area contributed by atoms with Crippen LogP contribution in [0.4, 0.5) is 0 Å². The Morgan fingerprint density at radius 3 is 2.60 bits per heavy atom. The van der Waals surface area contributed by atoms with Crippen LogP contribution in [0, 0.1) is 0 Å². The third-order valence-electron chi connectivity index (χ3n) is 2.71. The van der Waals surface area contributed by atoms with Crippen LogP contribution in [0.1, 0.15) is 43.4 Å². The molecule has 0 bridgehead atoms. The third-order valence-corrected chi connectivity index (χ3v) is 2.71. The van der Waals surface area contributed by atoms with Crippen molar-refractivity contribution in [1.29, 1.82) is 0 Å². The van der Waals surface area contributed by atoms with Gasteiger partial charge in [-0.15, -0.1) is 5.10 Å². The van der Waals surface area contributed by atoms with Gasteiger partial charge in [-0.3, -0.25) is 0 Å². The van der Waals surface area contributed by atoms with Crippen LogP contribution in [-0.2, 0) is 19.3 Å². The number of hydrogen-bond acceptors (Lipinski definition) is 4. The molecule has 15 heavy (non-hydrogen) atoms. The topological polar surface area (TPSA) is 64.7 Å². The monoisotopic (exact) mass is 206 g/mol. The van der Waals surface area contributed by atoms with Crippen LogP contribution in [0.2, 0.25) is 0 Å². The third kappa shape index (κ3) is 2.72. The highest BCUT2D eigenvalue weighted by atomic mass is 15.2. The lowest BCUT2D eigenvalue weighted by molar-refractivity contribution is 0.666. The first kappa shape index (κ1) is 10.5. The molecule has 0 radical (unpaired) electrons. The van der Waals surface area contributed by atoms with Crippen molar-refractivity contribution < 1.29 is 0 Å². The summed E-state index contributed by atoms with van der Waals surface area (Å²) >= 11 is 0. The second-order valence-electron chi connectivity index (χ2n) is 4.36. The van der Waals surface area contributed by atoms with Crippen LogP contribution in [0.25, 0.3) is 0 Å². The van der Waals surface area contributed by atoms with Gasteiger partial charge >= 0.3 is 0 Å². The van der Waals surface area contributed by atoms with Crippen molar-refractivity contribution >= 4 is 0 Å². The van der Waals surface area contributed by atoms with Gasteiger partial charge in [0.2, 0.25) is 0 Å². The zero-order valence-electron chi connectivity index (χ0n) is 9.24. The Bertz CT molecular complexity index is 335. The summed E-state index contributed by atoms with van der Waals surface area (Å²) in [6.07, 6.45) is 6.53. The molecule has 4 heteroatoms. The first-order valence-corrected chi connectivity index (χ1v) is 5.72. The number of rotatable bonds is 2. The van der Waals surface area contributed by atoms with Crippen molar-refractivity contribution in [2.24, 2.45) is 5.73 Å². The normalized spacial score (nSPS) is 18.0. The molecular weight excluding hydrogens is 188 g/mol. The fourth-order valence-corrected chi connectivity index (χ4v) is 1.95. The van der Waals surface area contributed by atoms with E-state index in [2.05, 4.69) is 15.2 Å². The molecule has 1 atom stereocenters. The van der Waals surface area contributed by atoms with Crippen LogP contribution in [-0.4, -0.2) is 21.2 Å². The first-order valence-electron chi connectivity index (χ1n) is 5.72. The van der Waals surface area contributed by atoms with Gasteiger partial charge in [0.15, 0.2) is 5.82 Å². The zero-order valence-corrected chi connectivity index (χ0v) is 9.24. The Hall–Kier alpha value is -1.03. The van der Waals surface area contributed by atoms with E-state index in [4.69, 9.17) is 5.73 Å². The van der Waals surface area contributed by atoms with Crippen molar-refractivity contribution in [1.82, 2.24) is 15.2 Å². The van der Waals surface area contributed by atoms with Gasteiger partial charge in [0.05, 0.1) is 11.4 Å². The minimum atomic E-state index is 0.107. The second kappa shape index (κ2) is 4.66. The van der Waals surface area contributed by atoms with E-state index >= 15 is 0 Å². The van der Waals surface area contributed by atoms with E-state index in [0.29, 0.717) is 0 Å². The zero-order chi connectivity index (χ0) is 10.7. The Morgan fingerprint density at radius 1 is 1.13 bits per heavy atom. The molecule has 2 rings (SSSR count). The molecular formula is C11H18N4. The summed E-state index contributed by atoms with van der Waals surface area (Å²) in [4.78, 5) is 4.56. The van der Waals surface area contributed by atoms with Gasteiger partial charge in [0, 0.05) is 12.5 Å². The molecule has 0 saturated carbocycles. The number of aromatic nitrogens is 3. The summed E-state index contributed by atoms with van der Waals surface area (Å²) in [5.74, 6) is 0.797. The first-order chi connectivity index (χ1) is 7.25. The summed E-state index contributed by atoms with van der Waals surface area (Å²) in [5, 5.41) is 8.40. The fraction of sp³-hybridized carbons (Fsp3) is 0.727. The Balaban J connectivity index is 2.20. The molecule has 2 N–H and O–H groups in total. The summed E-state index contributed by atoms with van der Waals surface area (Å²) in [7, 11) is 0. The van der Waals surface area contributed by atoms with Crippen LogP contribution in [0.3, 0.4) is 0 Å². The molecule has 1 aliphatic carbocycles. The number of nitrogens with zero attached hydrogens (tertiary/aromatic N) is 3. The molecule has 82 valence electrons. The number of fused-ring (bicyclic) bond motifs is 1. The molecule has 0 aromatic carbocycles. The maximum Gasteiger partial charge on any atom is 0.152 e. The van der Waals surface area contributed by atoms with Crippen LogP contribution >= 0.6 is 0 Å². The van der Waals surface area contributed by atoms with Gasteiger partial charge in [0.25, 0.3) is 0 Å².